The first-order valence-corrected chi connectivity index (χ1v) is 6.91. The number of hydrogen-bond acceptors (Lipinski definition) is 5. The summed E-state index contributed by atoms with van der Waals surface area (Å²) in [4.78, 5) is 22.6. The van der Waals surface area contributed by atoms with Crippen molar-refractivity contribution in [2.24, 2.45) is 0 Å². The zero-order valence-corrected chi connectivity index (χ0v) is 12.4. The summed E-state index contributed by atoms with van der Waals surface area (Å²) in [6.45, 7) is -2.01. The fourth-order valence-electron chi connectivity index (χ4n) is 1.78. The highest BCUT2D eigenvalue weighted by molar-refractivity contribution is 5.79. The molecule has 1 heterocycles. The van der Waals surface area contributed by atoms with Crippen molar-refractivity contribution in [1.29, 1.82) is 0 Å². The van der Waals surface area contributed by atoms with Crippen LogP contribution in [0.4, 0.5) is 13.2 Å². The summed E-state index contributed by atoms with van der Waals surface area (Å²) in [7, 11) is 0. The quantitative estimate of drug-likeness (QED) is 0.612. The van der Waals surface area contributed by atoms with Gasteiger partial charge in [-0.15, -0.1) is 0 Å². The summed E-state index contributed by atoms with van der Waals surface area (Å²) in [6.07, 6.45) is -4.39. The van der Waals surface area contributed by atoms with Crippen LogP contribution >= 0.6 is 0 Å². The maximum absolute atomic E-state index is 11.8. The Morgan fingerprint density at radius 1 is 1.21 bits per heavy atom. The van der Waals surface area contributed by atoms with E-state index < -0.39 is 24.3 Å². The molecule has 0 spiro atoms. The fraction of sp³-hybridized carbons (Fsp3) is 0.333. The van der Waals surface area contributed by atoms with Crippen LogP contribution in [0.3, 0.4) is 0 Å². The molecule has 2 rings (SSSR count). The van der Waals surface area contributed by atoms with Crippen molar-refractivity contribution in [2.75, 3.05) is 26.4 Å². The van der Waals surface area contributed by atoms with E-state index in [1.54, 1.807) is 18.2 Å². The van der Waals surface area contributed by atoms with Crippen molar-refractivity contribution < 1.29 is 31.9 Å². The Morgan fingerprint density at radius 3 is 2.71 bits per heavy atom. The van der Waals surface area contributed by atoms with Crippen molar-refractivity contribution in [3.05, 3.63) is 40.8 Å². The van der Waals surface area contributed by atoms with E-state index in [0.717, 1.165) is 0 Å². The Morgan fingerprint density at radius 2 is 1.96 bits per heavy atom. The van der Waals surface area contributed by atoms with Gasteiger partial charge in [-0.1, -0.05) is 0 Å². The number of alkyl halides is 3. The number of amides is 1. The van der Waals surface area contributed by atoms with E-state index in [1.807, 2.05) is 0 Å². The molecule has 0 unspecified atom stereocenters. The Labute approximate surface area is 134 Å². The maximum Gasteiger partial charge on any atom is 0.411 e. The zero-order valence-electron chi connectivity index (χ0n) is 12.4. The standard InChI is InChI=1S/C15H14F3NO5/c16-15(17,18)9-22-6-5-19-13(20)8-23-11-3-1-10-2-4-14(21)24-12(10)7-11/h1-4,7H,5-6,8-9H2,(H,19,20). The second-order valence-electron chi connectivity index (χ2n) is 4.76. The molecule has 130 valence electrons. The largest absolute Gasteiger partial charge is 0.484 e. The third-order valence-corrected chi connectivity index (χ3v) is 2.80. The highest BCUT2D eigenvalue weighted by atomic mass is 19.4. The minimum atomic E-state index is -4.39. The minimum absolute atomic E-state index is 0.0646. The Hall–Kier alpha value is -2.55. The monoisotopic (exact) mass is 345 g/mol. The molecule has 1 amide bonds. The second-order valence-corrected chi connectivity index (χ2v) is 4.76. The van der Waals surface area contributed by atoms with Crippen LogP contribution in [0.2, 0.25) is 0 Å². The Balaban J connectivity index is 1.74. The molecule has 0 bridgehead atoms. The predicted octanol–water partition coefficient (Wildman–Crippen LogP) is 1.87. The Bertz CT molecular complexity index is 757. The number of hydrogen-bond donors (Lipinski definition) is 1. The van der Waals surface area contributed by atoms with Gasteiger partial charge in [0, 0.05) is 24.1 Å². The van der Waals surface area contributed by atoms with Crippen molar-refractivity contribution in [3.63, 3.8) is 0 Å². The molecule has 0 fully saturated rings. The first-order valence-electron chi connectivity index (χ1n) is 6.91. The van der Waals surface area contributed by atoms with Gasteiger partial charge >= 0.3 is 11.8 Å². The van der Waals surface area contributed by atoms with Crippen LogP contribution in [-0.4, -0.2) is 38.4 Å². The molecule has 0 saturated carbocycles. The van der Waals surface area contributed by atoms with E-state index in [1.165, 1.54) is 12.1 Å². The first-order chi connectivity index (χ1) is 11.3. The summed E-state index contributed by atoms with van der Waals surface area (Å²) in [5.41, 5.74) is -0.183. The predicted molar refractivity (Wildman–Crippen MR) is 77.9 cm³/mol. The van der Waals surface area contributed by atoms with Gasteiger partial charge in [-0.2, -0.15) is 13.2 Å². The van der Waals surface area contributed by atoms with Crippen LogP contribution in [0.15, 0.2) is 39.5 Å². The topological polar surface area (TPSA) is 77.8 Å². The molecule has 9 heteroatoms. The summed E-state index contributed by atoms with van der Waals surface area (Å²) >= 11 is 0. The van der Waals surface area contributed by atoms with Gasteiger partial charge in [0.25, 0.3) is 5.91 Å². The van der Waals surface area contributed by atoms with Gasteiger partial charge < -0.3 is 19.2 Å². The lowest BCUT2D eigenvalue weighted by Crippen LogP contribution is -2.32. The van der Waals surface area contributed by atoms with Gasteiger partial charge in [0.2, 0.25) is 0 Å². The number of rotatable bonds is 7. The van der Waals surface area contributed by atoms with Crippen LogP contribution in [0, 0.1) is 0 Å². The Kier molecular flexibility index (Phi) is 5.80. The molecule has 1 aromatic carbocycles. The third kappa shape index (κ3) is 5.92. The van der Waals surface area contributed by atoms with E-state index in [9.17, 15) is 22.8 Å². The number of ether oxygens (including phenoxy) is 2. The van der Waals surface area contributed by atoms with E-state index in [2.05, 4.69) is 10.1 Å². The summed E-state index contributed by atoms with van der Waals surface area (Å²) in [6, 6.07) is 7.62. The van der Waals surface area contributed by atoms with Gasteiger partial charge in [0.15, 0.2) is 6.61 Å². The average molecular weight is 345 g/mol. The molecular weight excluding hydrogens is 331 g/mol. The van der Waals surface area contributed by atoms with Gasteiger partial charge in [-0.25, -0.2) is 4.79 Å². The lowest BCUT2D eigenvalue weighted by Gasteiger charge is -2.09. The maximum atomic E-state index is 11.8. The van der Waals surface area contributed by atoms with E-state index in [4.69, 9.17) is 9.15 Å². The van der Waals surface area contributed by atoms with Crippen molar-refractivity contribution >= 4 is 16.9 Å². The van der Waals surface area contributed by atoms with E-state index >= 15 is 0 Å². The van der Waals surface area contributed by atoms with Gasteiger partial charge in [0.1, 0.15) is 17.9 Å². The van der Waals surface area contributed by atoms with Crippen LogP contribution in [0.5, 0.6) is 5.75 Å². The number of carbonyl (C=O) groups is 1. The lowest BCUT2D eigenvalue weighted by atomic mass is 10.2. The molecule has 0 aliphatic rings. The fourth-order valence-corrected chi connectivity index (χ4v) is 1.78. The smallest absolute Gasteiger partial charge is 0.411 e. The molecule has 0 atom stereocenters. The van der Waals surface area contributed by atoms with Crippen LogP contribution < -0.4 is 15.7 Å². The highest BCUT2D eigenvalue weighted by Crippen LogP contribution is 2.19. The molecular formula is C15H14F3NO5. The molecule has 0 aliphatic heterocycles. The molecule has 0 radical (unpaired) electrons. The number of carbonyl (C=O) groups excluding carboxylic acids is 1. The highest BCUT2D eigenvalue weighted by Gasteiger charge is 2.27. The number of fused-ring (bicyclic) bond motifs is 1. The molecule has 6 nitrogen and oxygen atoms in total. The van der Waals surface area contributed by atoms with Crippen molar-refractivity contribution in [1.82, 2.24) is 5.32 Å². The average Bonchev–Trinajstić information content (AvgIpc) is 2.51. The molecule has 0 aliphatic carbocycles. The number of benzene rings is 1. The minimum Gasteiger partial charge on any atom is -0.484 e. The first kappa shape index (κ1) is 17.8. The van der Waals surface area contributed by atoms with Gasteiger partial charge in [0.05, 0.1) is 6.61 Å². The summed E-state index contributed by atoms with van der Waals surface area (Å²) < 4.78 is 50.0. The van der Waals surface area contributed by atoms with Crippen LogP contribution in [-0.2, 0) is 9.53 Å². The van der Waals surface area contributed by atoms with Crippen LogP contribution in [0.1, 0.15) is 0 Å². The molecule has 0 saturated heterocycles. The summed E-state index contributed by atoms with van der Waals surface area (Å²) in [5.74, 6) is -0.194. The summed E-state index contributed by atoms with van der Waals surface area (Å²) in [5, 5.41) is 3.06. The molecule has 24 heavy (non-hydrogen) atoms. The van der Waals surface area contributed by atoms with E-state index in [-0.39, 0.29) is 19.8 Å². The SMILES string of the molecule is O=C(COc1ccc2ccc(=O)oc2c1)NCCOCC(F)(F)F. The number of halogens is 3. The molecule has 1 aromatic heterocycles. The lowest BCUT2D eigenvalue weighted by molar-refractivity contribution is -0.173. The van der Waals surface area contributed by atoms with Crippen molar-refractivity contribution in [3.8, 4) is 5.75 Å². The van der Waals surface area contributed by atoms with Gasteiger partial charge in [-0.05, 0) is 18.2 Å². The molecule has 1 N–H and O–H groups in total. The van der Waals surface area contributed by atoms with Crippen LogP contribution in [0.25, 0.3) is 11.0 Å². The normalized spacial score (nSPS) is 11.5. The third-order valence-electron chi connectivity index (χ3n) is 2.80. The zero-order chi connectivity index (χ0) is 17.6. The number of nitrogens with one attached hydrogen (secondary N) is 1. The van der Waals surface area contributed by atoms with E-state index in [0.29, 0.717) is 16.7 Å². The molecule has 2 aromatic rings. The van der Waals surface area contributed by atoms with Gasteiger partial charge in [-0.3, -0.25) is 4.79 Å². The second kappa shape index (κ2) is 7.82. The van der Waals surface area contributed by atoms with Crippen molar-refractivity contribution in [2.45, 2.75) is 6.18 Å².